The van der Waals surface area contributed by atoms with Crippen LogP contribution in [0, 0.1) is 0 Å². The van der Waals surface area contributed by atoms with Crippen molar-refractivity contribution in [3.8, 4) is 0 Å². The lowest BCUT2D eigenvalue weighted by molar-refractivity contribution is -0.0442. The van der Waals surface area contributed by atoms with Crippen molar-refractivity contribution in [2.45, 2.75) is 44.8 Å². The number of morpholine rings is 1. The highest BCUT2D eigenvalue weighted by atomic mass is 16.5. The zero-order valence-electron chi connectivity index (χ0n) is 11.5. The topological polar surface area (TPSA) is 54.0 Å². The Morgan fingerprint density at radius 2 is 2.47 bits per heavy atom. The molecule has 1 aliphatic heterocycles. The monoisotopic (exact) mass is 262 g/mol. The normalized spacial score (nSPS) is 28.7. The number of hydrogen-bond donors (Lipinski definition) is 1. The Bertz CT molecular complexity index is 442. The van der Waals surface area contributed by atoms with Gasteiger partial charge in [0.05, 0.1) is 6.61 Å². The molecule has 0 radical (unpaired) electrons. The molecule has 0 spiro atoms. The predicted molar refractivity (Wildman–Crippen MR) is 72.8 cm³/mol. The van der Waals surface area contributed by atoms with E-state index in [1.165, 1.54) is 19.3 Å². The van der Waals surface area contributed by atoms with Crippen LogP contribution >= 0.6 is 0 Å². The van der Waals surface area contributed by atoms with Gasteiger partial charge in [-0.1, -0.05) is 19.1 Å². The standard InChI is InChI=1S/C14H22N4O/c1-2-13-15-14(17-16-13)12-10-18(8-9-19-12)11-6-4-3-5-7-11/h4,6,11-12H,2-3,5,7-10H2,1H3,(H,15,16,17)/t11-,12+/m0/s1. The average Bonchev–Trinajstić information content (AvgIpc) is 2.97. The van der Waals surface area contributed by atoms with Gasteiger partial charge in [0.1, 0.15) is 11.9 Å². The van der Waals surface area contributed by atoms with E-state index in [1.54, 1.807) is 0 Å². The molecule has 0 unspecified atom stereocenters. The highest BCUT2D eigenvalue weighted by molar-refractivity contribution is 5.02. The molecule has 1 aromatic rings. The van der Waals surface area contributed by atoms with E-state index in [0.717, 1.165) is 37.8 Å². The van der Waals surface area contributed by atoms with Gasteiger partial charge in [0.15, 0.2) is 5.82 Å². The smallest absolute Gasteiger partial charge is 0.180 e. The summed E-state index contributed by atoms with van der Waals surface area (Å²) >= 11 is 0. The van der Waals surface area contributed by atoms with Gasteiger partial charge in [-0.15, -0.1) is 0 Å². The molecule has 3 rings (SSSR count). The number of aromatic nitrogens is 3. The van der Waals surface area contributed by atoms with E-state index in [0.29, 0.717) is 6.04 Å². The summed E-state index contributed by atoms with van der Waals surface area (Å²) in [4.78, 5) is 7.00. The van der Waals surface area contributed by atoms with Gasteiger partial charge in [-0.3, -0.25) is 10.00 Å². The summed E-state index contributed by atoms with van der Waals surface area (Å²) in [5, 5.41) is 7.26. The second-order valence-corrected chi connectivity index (χ2v) is 5.27. The third kappa shape index (κ3) is 2.87. The van der Waals surface area contributed by atoms with Gasteiger partial charge in [-0.05, 0) is 19.3 Å². The van der Waals surface area contributed by atoms with E-state index < -0.39 is 0 Å². The number of ether oxygens (including phenoxy) is 1. The molecule has 1 aliphatic carbocycles. The number of nitrogens with zero attached hydrogens (tertiary/aromatic N) is 3. The maximum absolute atomic E-state index is 5.83. The quantitative estimate of drug-likeness (QED) is 0.845. The van der Waals surface area contributed by atoms with Crippen LogP contribution in [0.5, 0.6) is 0 Å². The number of rotatable bonds is 3. The van der Waals surface area contributed by atoms with Crippen molar-refractivity contribution in [3.05, 3.63) is 23.8 Å². The van der Waals surface area contributed by atoms with Crippen LogP contribution in [-0.4, -0.2) is 45.8 Å². The Hall–Kier alpha value is -1.20. The number of aromatic amines is 1. The first-order valence-corrected chi connectivity index (χ1v) is 7.30. The Morgan fingerprint density at radius 3 is 3.21 bits per heavy atom. The summed E-state index contributed by atoms with van der Waals surface area (Å²) in [6.45, 7) is 4.75. The van der Waals surface area contributed by atoms with Gasteiger partial charge in [0.25, 0.3) is 0 Å². The second-order valence-electron chi connectivity index (χ2n) is 5.27. The number of aryl methyl sites for hydroxylation is 1. The van der Waals surface area contributed by atoms with E-state index in [1.807, 2.05) is 0 Å². The second kappa shape index (κ2) is 5.84. The summed E-state index contributed by atoms with van der Waals surface area (Å²) in [5.41, 5.74) is 0. The van der Waals surface area contributed by atoms with Crippen LogP contribution in [0.25, 0.3) is 0 Å². The lowest BCUT2D eigenvalue weighted by atomic mass is 10.0. The van der Waals surface area contributed by atoms with Crippen LogP contribution < -0.4 is 0 Å². The van der Waals surface area contributed by atoms with E-state index in [4.69, 9.17) is 4.74 Å². The number of H-pyrrole nitrogens is 1. The van der Waals surface area contributed by atoms with Crippen LogP contribution in [0.1, 0.15) is 43.9 Å². The van der Waals surface area contributed by atoms with Crippen molar-refractivity contribution >= 4 is 0 Å². The molecule has 0 amide bonds. The van der Waals surface area contributed by atoms with Crippen LogP contribution in [0.3, 0.4) is 0 Å². The molecule has 2 atom stereocenters. The maximum Gasteiger partial charge on any atom is 0.180 e. The van der Waals surface area contributed by atoms with Crippen LogP contribution in [0.15, 0.2) is 12.2 Å². The van der Waals surface area contributed by atoms with E-state index in [2.05, 4.69) is 39.2 Å². The van der Waals surface area contributed by atoms with Gasteiger partial charge >= 0.3 is 0 Å². The molecular formula is C14H22N4O. The van der Waals surface area contributed by atoms with E-state index >= 15 is 0 Å². The molecule has 0 saturated carbocycles. The first-order valence-electron chi connectivity index (χ1n) is 7.30. The summed E-state index contributed by atoms with van der Waals surface area (Å²) in [7, 11) is 0. The minimum atomic E-state index is 0.0145. The maximum atomic E-state index is 5.83. The van der Waals surface area contributed by atoms with Crippen molar-refractivity contribution < 1.29 is 4.74 Å². The fraction of sp³-hybridized carbons (Fsp3) is 0.714. The molecule has 5 heteroatoms. The lowest BCUT2D eigenvalue weighted by Gasteiger charge is -2.37. The largest absolute Gasteiger partial charge is 0.367 e. The lowest BCUT2D eigenvalue weighted by Crippen LogP contribution is -2.44. The summed E-state index contributed by atoms with van der Waals surface area (Å²) < 4.78 is 5.83. The van der Waals surface area contributed by atoms with Crippen molar-refractivity contribution in [2.75, 3.05) is 19.7 Å². The Balaban J connectivity index is 1.67. The van der Waals surface area contributed by atoms with Gasteiger partial charge in [-0.2, -0.15) is 5.10 Å². The minimum Gasteiger partial charge on any atom is -0.367 e. The molecular weight excluding hydrogens is 240 g/mol. The Morgan fingerprint density at radius 1 is 1.53 bits per heavy atom. The molecule has 104 valence electrons. The molecule has 1 N–H and O–H groups in total. The Labute approximate surface area is 114 Å². The van der Waals surface area contributed by atoms with Crippen molar-refractivity contribution in [1.82, 2.24) is 20.1 Å². The Kier molecular flexibility index (Phi) is 3.94. The van der Waals surface area contributed by atoms with Crippen LogP contribution in [0.2, 0.25) is 0 Å². The molecule has 19 heavy (non-hydrogen) atoms. The van der Waals surface area contributed by atoms with Gasteiger partial charge < -0.3 is 4.74 Å². The van der Waals surface area contributed by atoms with E-state index in [9.17, 15) is 0 Å². The minimum absolute atomic E-state index is 0.0145. The van der Waals surface area contributed by atoms with Crippen LogP contribution in [-0.2, 0) is 11.2 Å². The molecule has 2 heterocycles. The molecule has 1 aromatic heterocycles. The van der Waals surface area contributed by atoms with Crippen molar-refractivity contribution in [2.24, 2.45) is 0 Å². The molecule has 0 bridgehead atoms. The van der Waals surface area contributed by atoms with E-state index in [-0.39, 0.29) is 6.10 Å². The van der Waals surface area contributed by atoms with Crippen molar-refractivity contribution in [3.63, 3.8) is 0 Å². The summed E-state index contributed by atoms with van der Waals surface area (Å²) in [6, 6.07) is 0.574. The summed E-state index contributed by atoms with van der Waals surface area (Å²) in [5.74, 6) is 1.75. The first kappa shape index (κ1) is 12.8. The first-order chi connectivity index (χ1) is 9.36. The number of nitrogens with one attached hydrogen (secondary N) is 1. The fourth-order valence-corrected chi connectivity index (χ4v) is 2.84. The van der Waals surface area contributed by atoms with Gasteiger partial charge in [0, 0.05) is 25.6 Å². The fourth-order valence-electron chi connectivity index (χ4n) is 2.84. The molecule has 2 aliphatic rings. The zero-order chi connectivity index (χ0) is 13.1. The predicted octanol–water partition coefficient (Wildman–Crippen LogP) is 1.85. The molecule has 1 fully saturated rings. The zero-order valence-corrected chi connectivity index (χ0v) is 11.5. The van der Waals surface area contributed by atoms with Crippen LogP contribution in [0.4, 0.5) is 0 Å². The number of allylic oxidation sites excluding steroid dienone is 1. The van der Waals surface area contributed by atoms with Gasteiger partial charge in [-0.25, -0.2) is 4.98 Å². The third-order valence-electron chi connectivity index (χ3n) is 3.97. The summed E-state index contributed by atoms with van der Waals surface area (Å²) in [6.07, 6.45) is 9.34. The number of hydrogen-bond acceptors (Lipinski definition) is 4. The van der Waals surface area contributed by atoms with Crippen molar-refractivity contribution in [1.29, 1.82) is 0 Å². The highest BCUT2D eigenvalue weighted by Gasteiger charge is 2.28. The van der Waals surface area contributed by atoms with Gasteiger partial charge in [0.2, 0.25) is 0 Å². The average molecular weight is 262 g/mol. The third-order valence-corrected chi connectivity index (χ3v) is 3.97. The SMILES string of the molecule is CCc1nc([C@H]2CN([C@H]3C=CCCC3)CCO2)n[nH]1. The molecule has 0 aromatic carbocycles. The molecule has 5 nitrogen and oxygen atoms in total. The molecule has 1 saturated heterocycles. The highest BCUT2D eigenvalue weighted by Crippen LogP contribution is 2.24.